The number of likely N-dealkylation sites (tertiary alicyclic amines) is 1. The van der Waals surface area contributed by atoms with Gasteiger partial charge in [0.15, 0.2) is 0 Å². The van der Waals surface area contributed by atoms with E-state index in [1.54, 1.807) is 7.11 Å². The van der Waals surface area contributed by atoms with Gasteiger partial charge in [-0.1, -0.05) is 37.6 Å². The Kier molecular flexibility index (Phi) is 7.20. The molecule has 1 aliphatic heterocycles. The molecule has 1 saturated heterocycles. The van der Waals surface area contributed by atoms with Crippen LogP contribution in [-0.4, -0.2) is 37.7 Å². The normalized spacial score (nSPS) is 17.2. The van der Waals surface area contributed by atoms with Crippen LogP contribution in [0.2, 0.25) is 0 Å². The lowest BCUT2D eigenvalue weighted by molar-refractivity contribution is 0.182. The molecule has 0 spiro atoms. The number of rotatable bonds is 8. The average molecular weight is 290 g/mol. The van der Waals surface area contributed by atoms with Crippen molar-refractivity contribution in [2.24, 2.45) is 0 Å². The van der Waals surface area contributed by atoms with Crippen LogP contribution < -0.4 is 5.32 Å². The molecular weight excluding hydrogens is 260 g/mol. The van der Waals surface area contributed by atoms with Gasteiger partial charge in [0.05, 0.1) is 6.61 Å². The van der Waals surface area contributed by atoms with Crippen LogP contribution in [0.15, 0.2) is 24.3 Å². The number of hydrogen-bond donors (Lipinski definition) is 1. The topological polar surface area (TPSA) is 24.5 Å². The van der Waals surface area contributed by atoms with Crippen molar-refractivity contribution in [3.63, 3.8) is 0 Å². The van der Waals surface area contributed by atoms with E-state index in [9.17, 15) is 0 Å². The van der Waals surface area contributed by atoms with Gasteiger partial charge in [-0.15, -0.1) is 0 Å². The minimum Gasteiger partial charge on any atom is -0.380 e. The Labute approximate surface area is 129 Å². The molecule has 0 aromatic heterocycles. The van der Waals surface area contributed by atoms with Gasteiger partial charge in [-0.05, 0) is 50.0 Å². The number of benzene rings is 1. The van der Waals surface area contributed by atoms with E-state index in [0.717, 1.165) is 6.54 Å². The van der Waals surface area contributed by atoms with Crippen LogP contribution >= 0.6 is 0 Å². The van der Waals surface area contributed by atoms with E-state index in [1.807, 2.05) is 0 Å². The summed E-state index contributed by atoms with van der Waals surface area (Å²) in [6, 6.07) is 9.23. The molecule has 21 heavy (non-hydrogen) atoms. The zero-order chi connectivity index (χ0) is 14.9. The predicted octanol–water partition coefficient (Wildman–Crippen LogP) is 3.19. The van der Waals surface area contributed by atoms with Crippen LogP contribution in [0.1, 0.15) is 43.7 Å². The minimum absolute atomic E-state index is 0.665. The first-order valence-corrected chi connectivity index (χ1v) is 8.35. The average Bonchev–Trinajstić information content (AvgIpc) is 2.53. The molecule has 0 aliphatic carbocycles. The highest BCUT2D eigenvalue weighted by Crippen LogP contribution is 2.14. The monoisotopic (exact) mass is 290 g/mol. The van der Waals surface area contributed by atoms with E-state index in [-0.39, 0.29) is 0 Å². The Morgan fingerprint density at radius 1 is 1.19 bits per heavy atom. The maximum absolute atomic E-state index is 5.28. The molecule has 1 N–H and O–H groups in total. The van der Waals surface area contributed by atoms with Crippen molar-refractivity contribution in [1.82, 2.24) is 10.2 Å². The number of methoxy groups -OCH3 is 1. The molecule has 1 aliphatic rings. The lowest BCUT2D eigenvalue weighted by atomic mass is 10.0. The Morgan fingerprint density at radius 3 is 2.57 bits per heavy atom. The Morgan fingerprint density at radius 2 is 1.90 bits per heavy atom. The molecule has 3 nitrogen and oxygen atoms in total. The summed E-state index contributed by atoms with van der Waals surface area (Å²) in [7, 11) is 1.76. The second kappa shape index (κ2) is 9.19. The Bertz CT molecular complexity index is 400. The van der Waals surface area contributed by atoms with Crippen molar-refractivity contribution in [2.45, 2.75) is 51.8 Å². The van der Waals surface area contributed by atoms with Gasteiger partial charge in [0.25, 0.3) is 0 Å². The molecule has 0 bridgehead atoms. The van der Waals surface area contributed by atoms with Crippen molar-refractivity contribution in [3.05, 3.63) is 35.4 Å². The molecule has 1 aromatic carbocycles. The third-order valence-corrected chi connectivity index (χ3v) is 4.41. The van der Waals surface area contributed by atoms with Crippen LogP contribution in [-0.2, 0) is 17.9 Å². The molecule has 1 aromatic rings. The van der Waals surface area contributed by atoms with Gasteiger partial charge in [0.1, 0.15) is 0 Å². The summed E-state index contributed by atoms with van der Waals surface area (Å²) in [6.45, 7) is 7.70. The van der Waals surface area contributed by atoms with Gasteiger partial charge in [0.2, 0.25) is 0 Å². The van der Waals surface area contributed by atoms with E-state index in [1.165, 1.54) is 56.4 Å². The fourth-order valence-corrected chi connectivity index (χ4v) is 3.02. The van der Waals surface area contributed by atoms with Crippen LogP contribution in [0.3, 0.4) is 0 Å². The third kappa shape index (κ3) is 5.42. The standard InChI is InChI=1S/C18H30N2O/c1-3-4-11-20-12-9-18(10-13-20)19-14-16-7-5-6-8-17(16)15-21-2/h5-8,18-19H,3-4,9-15H2,1-2H3. The van der Waals surface area contributed by atoms with Gasteiger partial charge in [-0.2, -0.15) is 0 Å². The Hall–Kier alpha value is -0.900. The van der Waals surface area contributed by atoms with E-state index in [2.05, 4.69) is 41.4 Å². The summed E-state index contributed by atoms with van der Waals surface area (Å²) >= 11 is 0. The molecular formula is C18H30N2O. The lowest BCUT2D eigenvalue weighted by Gasteiger charge is -2.32. The largest absolute Gasteiger partial charge is 0.380 e. The summed E-state index contributed by atoms with van der Waals surface area (Å²) in [5.74, 6) is 0. The first-order chi connectivity index (χ1) is 10.3. The van der Waals surface area contributed by atoms with E-state index >= 15 is 0 Å². The third-order valence-electron chi connectivity index (χ3n) is 4.41. The smallest absolute Gasteiger partial charge is 0.0716 e. The molecule has 0 unspecified atom stereocenters. The maximum atomic E-state index is 5.28. The molecule has 0 saturated carbocycles. The quantitative estimate of drug-likeness (QED) is 0.796. The Balaban J connectivity index is 1.74. The molecule has 0 atom stereocenters. The highest BCUT2D eigenvalue weighted by molar-refractivity contribution is 5.26. The second-order valence-electron chi connectivity index (χ2n) is 6.05. The van der Waals surface area contributed by atoms with Crippen molar-refractivity contribution in [2.75, 3.05) is 26.7 Å². The van der Waals surface area contributed by atoms with Gasteiger partial charge < -0.3 is 15.0 Å². The number of nitrogens with one attached hydrogen (secondary N) is 1. The molecule has 1 fully saturated rings. The summed E-state index contributed by atoms with van der Waals surface area (Å²) in [5, 5.41) is 3.73. The SMILES string of the molecule is CCCCN1CCC(NCc2ccccc2COC)CC1. The number of ether oxygens (including phenoxy) is 1. The first-order valence-electron chi connectivity index (χ1n) is 8.35. The highest BCUT2D eigenvalue weighted by Gasteiger charge is 2.18. The summed E-state index contributed by atoms with van der Waals surface area (Å²) in [4.78, 5) is 2.61. The van der Waals surface area contributed by atoms with Gasteiger partial charge >= 0.3 is 0 Å². The zero-order valence-corrected chi connectivity index (χ0v) is 13.6. The summed E-state index contributed by atoms with van der Waals surface area (Å²) in [5.41, 5.74) is 2.67. The van der Waals surface area contributed by atoms with E-state index in [4.69, 9.17) is 4.74 Å². The van der Waals surface area contributed by atoms with Crippen molar-refractivity contribution < 1.29 is 4.74 Å². The van der Waals surface area contributed by atoms with Gasteiger partial charge in [0, 0.05) is 19.7 Å². The molecule has 118 valence electrons. The summed E-state index contributed by atoms with van der Waals surface area (Å²) in [6.07, 6.45) is 5.18. The van der Waals surface area contributed by atoms with Crippen molar-refractivity contribution >= 4 is 0 Å². The fraction of sp³-hybridized carbons (Fsp3) is 0.667. The predicted molar refractivity (Wildman–Crippen MR) is 88.4 cm³/mol. The van der Waals surface area contributed by atoms with Crippen molar-refractivity contribution in [3.8, 4) is 0 Å². The van der Waals surface area contributed by atoms with Gasteiger partial charge in [-0.25, -0.2) is 0 Å². The van der Waals surface area contributed by atoms with E-state index < -0.39 is 0 Å². The number of nitrogens with zero attached hydrogens (tertiary/aromatic N) is 1. The summed E-state index contributed by atoms with van der Waals surface area (Å²) < 4.78 is 5.28. The van der Waals surface area contributed by atoms with Crippen molar-refractivity contribution in [1.29, 1.82) is 0 Å². The van der Waals surface area contributed by atoms with Crippen LogP contribution in [0.5, 0.6) is 0 Å². The van der Waals surface area contributed by atoms with Crippen LogP contribution in [0.4, 0.5) is 0 Å². The maximum Gasteiger partial charge on any atom is 0.0716 e. The molecule has 1 heterocycles. The van der Waals surface area contributed by atoms with Crippen LogP contribution in [0.25, 0.3) is 0 Å². The van der Waals surface area contributed by atoms with E-state index in [0.29, 0.717) is 12.6 Å². The number of unbranched alkanes of at least 4 members (excludes halogenated alkanes) is 1. The molecule has 3 heteroatoms. The minimum atomic E-state index is 0.665. The highest BCUT2D eigenvalue weighted by atomic mass is 16.5. The molecule has 0 amide bonds. The molecule has 0 radical (unpaired) electrons. The van der Waals surface area contributed by atoms with Crippen LogP contribution in [0, 0.1) is 0 Å². The number of hydrogen-bond acceptors (Lipinski definition) is 3. The van der Waals surface area contributed by atoms with Gasteiger partial charge in [-0.3, -0.25) is 0 Å². The first kappa shape index (κ1) is 16.5. The molecule has 2 rings (SSSR count). The fourth-order valence-electron chi connectivity index (χ4n) is 3.02. The second-order valence-corrected chi connectivity index (χ2v) is 6.05. The number of piperidine rings is 1. The zero-order valence-electron chi connectivity index (χ0n) is 13.6. The lowest BCUT2D eigenvalue weighted by Crippen LogP contribution is -2.42.